The Bertz CT molecular complexity index is 648. The number of hydrogen-bond donors (Lipinski definition) is 2. The van der Waals surface area contributed by atoms with E-state index in [1.807, 2.05) is 0 Å². The first kappa shape index (κ1) is 17.1. The Kier molecular flexibility index (Phi) is 4.01. The zero-order valence-corrected chi connectivity index (χ0v) is 16.1. The minimum atomic E-state index is 0.369. The summed E-state index contributed by atoms with van der Waals surface area (Å²) in [7, 11) is 0. The molecule has 0 radical (unpaired) electrons. The van der Waals surface area contributed by atoms with Gasteiger partial charge in [0, 0.05) is 11.6 Å². The molecule has 4 aliphatic rings. The molecule has 4 aliphatic carbocycles. The Hall–Kier alpha value is -1.32. The fourth-order valence-electron chi connectivity index (χ4n) is 7.45. The van der Waals surface area contributed by atoms with E-state index >= 15 is 0 Å². The van der Waals surface area contributed by atoms with Crippen LogP contribution in [-0.2, 0) is 0 Å². The topological polar surface area (TPSA) is 76.8 Å². The molecular formula is C21H34N4. The monoisotopic (exact) mass is 342 g/mol. The van der Waals surface area contributed by atoms with E-state index in [2.05, 4.69) is 37.1 Å². The largest absolute Gasteiger partial charge is 0.323 e. The fourth-order valence-corrected chi connectivity index (χ4v) is 7.45. The number of fused-ring (bicyclic) bond motifs is 5. The van der Waals surface area contributed by atoms with Crippen LogP contribution in [0.25, 0.3) is 0 Å². The smallest absolute Gasteiger partial charge is 0.0600 e. The molecule has 0 spiro atoms. The van der Waals surface area contributed by atoms with Crippen LogP contribution >= 0.6 is 0 Å². The Morgan fingerprint density at radius 3 is 2.56 bits per heavy atom. The highest BCUT2D eigenvalue weighted by Crippen LogP contribution is 2.66. The van der Waals surface area contributed by atoms with E-state index in [0.29, 0.717) is 16.7 Å². The van der Waals surface area contributed by atoms with Gasteiger partial charge in [-0.3, -0.25) is 0 Å². The molecule has 4 heteroatoms. The van der Waals surface area contributed by atoms with Crippen molar-refractivity contribution in [1.29, 1.82) is 0 Å². The molecule has 0 aromatic carbocycles. The zero-order valence-electron chi connectivity index (χ0n) is 16.1. The third-order valence-electron chi connectivity index (χ3n) is 8.85. The van der Waals surface area contributed by atoms with Crippen LogP contribution in [0.15, 0.2) is 21.9 Å². The molecule has 4 nitrogen and oxygen atoms in total. The summed E-state index contributed by atoms with van der Waals surface area (Å²) < 4.78 is 0. The highest BCUT2D eigenvalue weighted by Gasteiger charge is 2.59. The van der Waals surface area contributed by atoms with E-state index in [4.69, 9.17) is 11.7 Å². The van der Waals surface area contributed by atoms with Gasteiger partial charge in [0.05, 0.1) is 5.71 Å². The lowest BCUT2D eigenvalue weighted by atomic mass is 9.46. The molecule has 3 saturated carbocycles. The van der Waals surface area contributed by atoms with Gasteiger partial charge in [0.2, 0.25) is 0 Å². The van der Waals surface area contributed by atoms with E-state index in [1.165, 1.54) is 50.7 Å². The highest BCUT2D eigenvalue weighted by molar-refractivity contribution is 5.96. The average molecular weight is 343 g/mol. The quantitative estimate of drug-likeness (QED) is 0.425. The number of nitrogens with two attached hydrogens (primary N) is 2. The van der Waals surface area contributed by atoms with Gasteiger partial charge in [-0.05, 0) is 93.0 Å². The van der Waals surface area contributed by atoms with Gasteiger partial charge in [0.25, 0.3) is 0 Å². The summed E-state index contributed by atoms with van der Waals surface area (Å²) in [5, 5.41) is 8.08. The van der Waals surface area contributed by atoms with Gasteiger partial charge < -0.3 is 11.7 Å². The third-order valence-corrected chi connectivity index (χ3v) is 8.85. The minimum Gasteiger partial charge on any atom is -0.323 e. The van der Waals surface area contributed by atoms with E-state index in [9.17, 15) is 0 Å². The molecule has 0 amide bonds. The predicted molar refractivity (Wildman–Crippen MR) is 104 cm³/mol. The standard InChI is InChI=1S/C21H34N4/c1-13(24-22)17-6-7-18-16-5-4-14-12-15(25-23)8-10-20(14,2)19(16)9-11-21(17,18)3/h12,16-19H,4-11,22-23H2,1-3H3/b24-13-,25-15+/t16-,17-,18-,19+,20+,21+/m0/s1. The van der Waals surface area contributed by atoms with Gasteiger partial charge in [-0.25, -0.2) is 0 Å². The lowest BCUT2D eigenvalue weighted by Crippen LogP contribution is -2.51. The summed E-state index contributed by atoms with van der Waals surface area (Å²) in [5.41, 5.74) is 4.68. The molecule has 25 heavy (non-hydrogen) atoms. The molecule has 0 aromatic rings. The third kappa shape index (κ3) is 2.32. The van der Waals surface area contributed by atoms with Gasteiger partial charge >= 0.3 is 0 Å². The van der Waals surface area contributed by atoms with Crippen molar-refractivity contribution in [2.45, 2.75) is 72.1 Å². The van der Waals surface area contributed by atoms with Crippen molar-refractivity contribution >= 4 is 11.4 Å². The molecule has 0 saturated heterocycles. The molecule has 0 heterocycles. The molecule has 6 atom stereocenters. The van der Waals surface area contributed by atoms with Crippen LogP contribution in [0, 0.1) is 34.5 Å². The Balaban J connectivity index is 1.65. The van der Waals surface area contributed by atoms with E-state index in [1.54, 1.807) is 5.57 Å². The summed E-state index contributed by atoms with van der Waals surface area (Å²) >= 11 is 0. The van der Waals surface area contributed by atoms with E-state index in [-0.39, 0.29) is 0 Å². The first-order chi connectivity index (χ1) is 11.9. The van der Waals surface area contributed by atoms with Crippen LogP contribution in [-0.4, -0.2) is 11.4 Å². The second kappa shape index (κ2) is 5.85. The van der Waals surface area contributed by atoms with Crippen LogP contribution in [0.1, 0.15) is 72.1 Å². The molecule has 0 aliphatic heterocycles. The van der Waals surface area contributed by atoms with Crippen LogP contribution < -0.4 is 11.7 Å². The number of rotatable bonds is 1. The van der Waals surface area contributed by atoms with E-state index < -0.39 is 0 Å². The van der Waals surface area contributed by atoms with Gasteiger partial charge in [0.1, 0.15) is 0 Å². The number of allylic oxidation sites excluding steroid dienone is 2. The van der Waals surface area contributed by atoms with Crippen molar-refractivity contribution in [3.8, 4) is 0 Å². The summed E-state index contributed by atoms with van der Waals surface area (Å²) in [4.78, 5) is 0. The Morgan fingerprint density at radius 1 is 1.04 bits per heavy atom. The van der Waals surface area contributed by atoms with Gasteiger partial charge in [-0.15, -0.1) is 0 Å². The van der Waals surface area contributed by atoms with E-state index in [0.717, 1.165) is 29.9 Å². The molecule has 0 unspecified atom stereocenters. The number of hydrazone groups is 2. The highest BCUT2D eigenvalue weighted by atomic mass is 15.1. The average Bonchev–Trinajstić information content (AvgIpc) is 2.97. The summed E-state index contributed by atoms with van der Waals surface area (Å²) in [6.45, 7) is 7.21. The molecule has 3 fully saturated rings. The van der Waals surface area contributed by atoms with Crippen LogP contribution in [0.4, 0.5) is 0 Å². The van der Waals surface area contributed by atoms with Gasteiger partial charge in [0.15, 0.2) is 0 Å². The molecule has 138 valence electrons. The zero-order chi connectivity index (χ0) is 17.8. The second-order valence-corrected chi connectivity index (χ2v) is 9.57. The lowest BCUT2D eigenvalue weighted by Gasteiger charge is -2.58. The number of nitrogens with zero attached hydrogens (tertiary/aromatic N) is 2. The molecule has 4 N–H and O–H groups in total. The van der Waals surface area contributed by atoms with Crippen molar-refractivity contribution in [1.82, 2.24) is 0 Å². The van der Waals surface area contributed by atoms with Crippen molar-refractivity contribution in [3.63, 3.8) is 0 Å². The normalized spacial score (nSPS) is 48.5. The first-order valence-corrected chi connectivity index (χ1v) is 10.2. The van der Waals surface area contributed by atoms with Crippen LogP contribution in [0.5, 0.6) is 0 Å². The maximum Gasteiger partial charge on any atom is 0.0600 e. The summed E-state index contributed by atoms with van der Waals surface area (Å²) in [6.07, 6.45) is 12.5. The molecule has 0 bridgehead atoms. The van der Waals surface area contributed by atoms with Crippen molar-refractivity contribution < 1.29 is 0 Å². The van der Waals surface area contributed by atoms with Gasteiger partial charge in [-0.2, -0.15) is 10.2 Å². The molecule has 0 aromatic heterocycles. The second-order valence-electron chi connectivity index (χ2n) is 9.57. The first-order valence-electron chi connectivity index (χ1n) is 10.2. The van der Waals surface area contributed by atoms with Crippen molar-refractivity contribution in [2.75, 3.05) is 0 Å². The predicted octanol–water partition coefficient (Wildman–Crippen LogP) is 4.21. The maximum absolute atomic E-state index is 5.66. The molecular weight excluding hydrogens is 308 g/mol. The van der Waals surface area contributed by atoms with Gasteiger partial charge in [-0.1, -0.05) is 19.4 Å². The Labute approximate surface area is 152 Å². The van der Waals surface area contributed by atoms with Crippen LogP contribution in [0.3, 0.4) is 0 Å². The summed E-state index contributed by atoms with van der Waals surface area (Å²) in [5.74, 6) is 14.4. The fraction of sp³-hybridized carbons (Fsp3) is 0.810. The number of hydrogen-bond acceptors (Lipinski definition) is 4. The maximum atomic E-state index is 5.66. The molecule has 4 rings (SSSR count). The van der Waals surface area contributed by atoms with Crippen molar-refractivity contribution in [2.24, 2.45) is 56.4 Å². The summed E-state index contributed by atoms with van der Waals surface area (Å²) in [6, 6.07) is 0. The van der Waals surface area contributed by atoms with Crippen LogP contribution in [0.2, 0.25) is 0 Å². The lowest BCUT2D eigenvalue weighted by molar-refractivity contribution is -0.0407. The van der Waals surface area contributed by atoms with Crippen molar-refractivity contribution in [3.05, 3.63) is 11.6 Å². The Morgan fingerprint density at radius 2 is 1.84 bits per heavy atom. The SMILES string of the molecule is C/C(=N/N)[C@@H]1CC[C@H]2[C@@H]3CCC4=C/C(=N/N)CC[C@@]4(C)[C@@H]3CC[C@]12C. The minimum absolute atomic E-state index is 0.369.